The van der Waals surface area contributed by atoms with E-state index in [4.69, 9.17) is 4.74 Å². The predicted molar refractivity (Wildman–Crippen MR) is 86.0 cm³/mol. The average molecular weight is 281 g/mol. The van der Waals surface area contributed by atoms with Crippen LogP contribution in [0.15, 0.2) is 0 Å². The molecule has 2 aliphatic carbocycles. The lowest BCUT2D eigenvalue weighted by Crippen LogP contribution is -2.57. The van der Waals surface area contributed by atoms with Crippen molar-refractivity contribution in [1.82, 2.24) is 5.32 Å². The topological polar surface area (TPSA) is 21.3 Å². The largest absolute Gasteiger partial charge is 0.374 e. The quantitative estimate of drug-likeness (QED) is 0.740. The first-order valence-corrected chi connectivity index (χ1v) is 9.14. The van der Waals surface area contributed by atoms with Gasteiger partial charge in [0.15, 0.2) is 0 Å². The Morgan fingerprint density at radius 3 is 2.35 bits per heavy atom. The van der Waals surface area contributed by atoms with Crippen LogP contribution in [0.2, 0.25) is 0 Å². The number of likely N-dealkylation sites (N-methyl/N-ethyl adjacent to an activating group) is 1. The molecule has 2 nitrogen and oxygen atoms in total. The minimum absolute atomic E-state index is 0.139. The highest BCUT2D eigenvalue weighted by Gasteiger charge is 2.47. The third-order valence-electron chi connectivity index (χ3n) is 5.79. The van der Waals surface area contributed by atoms with E-state index in [0.717, 1.165) is 25.0 Å². The number of ether oxygens (including phenoxy) is 1. The number of hydrogen-bond donors (Lipinski definition) is 1. The van der Waals surface area contributed by atoms with Crippen molar-refractivity contribution in [3.63, 3.8) is 0 Å². The van der Waals surface area contributed by atoms with Gasteiger partial charge in [-0.1, -0.05) is 52.4 Å². The summed E-state index contributed by atoms with van der Waals surface area (Å²) in [7, 11) is 0. The van der Waals surface area contributed by atoms with Gasteiger partial charge in [0.25, 0.3) is 0 Å². The van der Waals surface area contributed by atoms with Crippen LogP contribution in [0.3, 0.4) is 0 Å². The molecule has 2 aliphatic rings. The van der Waals surface area contributed by atoms with E-state index in [1.807, 2.05) is 0 Å². The van der Waals surface area contributed by atoms with Gasteiger partial charge in [0.05, 0.1) is 5.60 Å². The van der Waals surface area contributed by atoms with E-state index in [2.05, 4.69) is 26.1 Å². The Morgan fingerprint density at radius 1 is 1.05 bits per heavy atom. The maximum Gasteiger partial charge on any atom is 0.0837 e. The summed E-state index contributed by atoms with van der Waals surface area (Å²) in [6, 6.07) is 0.584. The van der Waals surface area contributed by atoms with E-state index < -0.39 is 0 Å². The molecule has 0 aromatic carbocycles. The Labute approximate surface area is 126 Å². The van der Waals surface area contributed by atoms with E-state index in [9.17, 15) is 0 Å². The molecule has 3 unspecified atom stereocenters. The molecule has 118 valence electrons. The molecule has 2 saturated carbocycles. The van der Waals surface area contributed by atoms with Crippen LogP contribution in [0.4, 0.5) is 0 Å². The van der Waals surface area contributed by atoms with E-state index >= 15 is 0 Å². The van der Waals surface area contributed by atoms with E-state index in [1.54, 1.807) is 0 Å². The molecule has 1 N–H and O–H groups in total. The zero-order valence-electron chi connectivity index (χ0n) is 13.9. The monoisotopic (exact) mass is 281 g/mol. The summed E-state index contributed by atoms with van der Waals surface area (Å²) >= 11 is 0. The average Bonchev–Trinajstić information content (AvgIpc) is 2.94. The van der Waals surface area contributed by atoms with Crippen LogP contribution >= 0.6 is 0 Å². The van der Waals surface area contributed by atoms with Gasteiger partial charge in [0.1, 0.15) is 0 Å². The van der Waals surface area contributed by atoms with Crippen molar-refractivity contribution in [3.8, 4) is 0 Å². The molecule has 3 atom stereocenters. The second kappa shape index (κ2) is 7.79. The number of nitrogens with one attached hydrogen (secondary N) is 1. The van der Waals surface area contributed by atoms with Crippen molar-refractivity contribution < 1.29 is 4.74 Å². The van der Waals surface area contributed by atoms with Crippen molar-refractivity contribution in [1.29, 1.82) is 0 Å². The first-order valence-electron chi connectivity index (χ1n) is 9.14. The zero-order chi connectivity index (χ0) is 14.4. The minimum atomic E-state index is 0.139. The molecule has 0 saturated heterocycles. The zero-order valence-corrected chi connectivity index (χ0v) is 13.9. The van der Waals surface area contributed by atoms with Gasteiger partial charge in [-0.2, -0.15) is 0 Å². The molecule has 0 aromatic heterocycles. The lowest BCUT2D eigenvalue weighted by Gasteiger charge is -2.46. The Kier molecular flexibility index (Phi) is 6.35. The highest BCUT2D eigenvalue weighted by atomic mass is 16.5. The third kappa shape index (κ3) is 3.39. The fourth-order valence-electron chi connectivity index (χ4n) is 4.94. The van der Waals surface area contributed by atoms with Gasteiger partial charge in [-0.15, -0.1) is 0 Å². The van der Waals surface area contributed by atoms with Gasteiger partial charge in [-0.25, -0.2) is 0 Å². The Balaban J connectivity index is 2.18. The maximum atomic E-state index is 6.39. The van der Waals surface area contributed by atoms with Gasteiger partial charge < -0.3 is 10.1 Å². The maximum absolute atomic E-state index is 6.39. The Hall–Kier alpha value is -0.0800. The number of rotatable bonds is 7. The molecule has 0 spiro atoms. The fraction of sp³-hybridized carbons (Fsp3) is 1.00. The third-order valence-corrected chi connectivity index (χ3v) is 5.79. The van der Waals surface area contributed by atoms with Crippen molar-refractivity contribution in [2.75, 3.05) is 13.2 Å². The van der Waals surface area contributed by atoms with Crippen molar-refractivity contribution in [3.05, 3.63) is 0 Å². The first-order chi connectivity index (χ1) is 9.77. The van der Waals surface area contributed by atoms with Gasteiger partial charge >= 0.3 is 0 Å². The lowest BCUT2D eigenvalue weighted by atomic mass is 9.69. The van der Waals surface area contributed by atoms with Crippen molar-refractivity contribution in [2.24, 2.45) is 11.8 Å². The number of hydrogen-bond acceptors (Lipinski definition) is 2. The van der Waals surface area contributed by atoms with Crippen molar-refractivity contribution in [2.45, 2.75) is 90.2 Å². The smallest absolute Gasteiger partial charge is 0.0837 e. The molecule has 0 radical (unpaired) electrons. The van der Waals surface area contributed by atoms with Crippen LogP contribution < -0.4 is 5.32 Å². The van der Waals surface area contributed by atoms with Gasteiger partial charge in [0, 0.05) is 12.6 Å². The summed E-state index contributed by atoms with van der Waals surface area (Å²) < 4.78 is 6.39. The SMILES string of the molecule is CCNC(C1CCCCC1CC)C1(OCC)CCCC1. The molecule has 0 bridgehead atoms. The summed E-state index contributed by atoms with van der Waals surface area (Å²) in [5, 5.41) is 3.86. The summed E-state index contributed by atoms with van der Waals surface area (Å²) in [5.41, 5.74) is 0.139. The Bertz CT molecular complexity index is 273. The highest BCUT2D eigenvalue weighted by Crippen LogP contribution is 2.44. The summed E-state index contributed by atoms with van der Waals surface area (Å²) in [6.45, 7) is 8.75. The summed E-state index contributed by atoms with van der Waals surface area (Å²) in [4.78, 5) is 0. The lowest BCUT2D eigenvalue weighted by molar-refractivity contribution is -0.0859. The molecule has 2 rings (SSSR count). The van der Waals surface area contributed by atoms with Crippen LogP contribution in [0, 0.1) is 11.8 Å². The molecule has 2 heteroatoms. The molecule has 0 heterocycles. The second-order valence-electron chi connectivity index (χ2n) is 6.86. The summed E-state index contributed by atoms with van der Waals surface area (Å²) in [5.74, 6) is 1.74. The normalized spacial score (nSPS) is 31.4. The van der Waals surface area contributed by atoms with Crippen LogP contribution in [-0.4, -0.2) is 24.8 Å². The molecule has 2 fully saturated rings. The molecule has 20 heavy (non-hydrogen) atoms. The Morgan fingerprint density at radius 2 is 1.75 bits per heavy atom. The molecule has 0 aliphatic heterocycles. The molecule has 0 amide bonds. The van der Waals surface area contributed by atoms with Gasteiger partial charge in [0.2, 0.25) is 0 Å². The van der Waals surface area contributed by atoms with Gasteiger partial charge in [-0.3, -0.25) is 0 Å². The van der Waals surface area contributed by atoms with E-state index in [0.29, 0.717) is 6.04 Å². The van der Waals surface area contributed by atoms with E-state index in [1.165, 1.54) is 57.8 Å². The van der Waals surface area contributed by atoms with Crippen molar-refractivity contribution >= 4 is 0 Å². The summed E-state index contributed by atoms with van der Waals surface area (Å²) in [6.07, 6.45) is 12.3. The second-order valence-corrected chi connectivity index (χ2v) is 6.86. The molecule has 0 aromatic rings. The standard InChI is InChI=1S/C18H35NO/c1-4-15-11-7-8-12-16(15)17(19-5-2)18(20-6-3)13-9-10-14-18/h15-17,19H,4-14H2,1-3H3. The minimum Gasteiger partial charge on any atom is -0.374 e. The molecular formula is C18H35NO. The van der Waals surface area contributed by atoms with Crippen LogP contribution in [-0.2, 0) is 4.74 Å². The first kappa shape index (κ1) is 16.3. The molecular weight excluding hydrogens is 246 g/mol. The predicted octanol–water partition coefficient (Wildman–Crippen LogP) is 4.53. The highest BCUT2D eigenvalue weighted by molar-refractivity contribution is 5.02. The van der Waals surface area contributed by atoms with Crippen LogP contribution in [0.25, 0.3) is 0 Å². The van der Waals surface area contributed by atoms with E-state index in [-0.39, 0.29) is 5.60 Å². The fourth-order valence-corrected chi connectivity index (χ4v) is 4.94. The van der Waals surface area contributed by atoms with Crippen LogP contribution in [0.5, 0.6) is 0 Å². The van der Waals surface area contributed by atoms with Gasteiger partial charge in [-0.05, 0) is 44.6 Å². The van der Waals surface area contributed by atoms with Crippen LogP contribution in [0.1, 0.15) is 78.6 Å².